The highest BCUT2D eigenvalue weighted by Crippen LogP contribution is 2.59. The van der Waals surface area contributed by atoms with E-state index in [1.807, 2.05) is 13.8 Å². The summed E-state index contributed by atoms with van der Waals surface area (Å²) in [5.41, 5.74) is 3.17. The molecule has 0 amide bonds. The maximum absolute atomic E-state index is 14.6. The molecule has 0 N–H and O–H groups in total. The number of thioether (sulfide) groups is 2. The van der Waals surface area contributed by atoms with Gasteiger partial charge in [-0.05, 0) is 70.5 Å². The number of hydrogen-bond donors (Lipinski definition) is 0. The molecular weight excluding hydrogens is 693 g/mol. The molecule has 0 bridgehead atoms. The summed E-state index contributed by atoms with van der Waals surface area (Å²) < 4.78 is 128. The first-order valence-corrected chi connectivity index (χ1v) is 17.6. The van der Waals surface area contributed by atoms with Gasteiger partial charge in [0.15, 0.2) is 0 Å². The first kappa shape index (κ1) is 38.4. The molecule has 264 valence electrons. The number of alkyl halides is 8. The second-order valence-electron chi connectivity index (χ2n) is 11.3. The summed E-state index contributed by atoms with van der Waals surface area (Å²) in [7, 11) is 0. The maximum atomic E-state index is 14.6. The van der Waals surface area contributed by atoms with Gasteiger partial charge >= 0.3 is 22.4 Å². The van der Waals surface area contributed by atoms with Crippen LogP contribution in [-0.2, 0) is 11.5 Å². The molecule has 0 atom stereocenters. The van der Waals surface area contributed by atoms with Crippen LogP contribution in [0.4, 0.5) is 35.1 Å². The van der Waals surface area contributed by atoms with Crippen LogP contribution in [0.25, 0.3) is 22.3 Å². The van der Waals surface area contributed by atoms with Crippen LogP contribution in [0, 0.1) is 0 Å². The number of ether oxygens (including phenoxy) is 2. The fourth-order valence-corrected chi connectivity index (χ4v) is 6.22. The lowest BCUT2D eigenvalue weighted by Crippen LogP contribution is -2.60. The standard InChI is InChI=1S/C37H36F8O2S2/c1-3-5-23-47-33-20-16-31(17-21-33)29-12-8-27(9-13-29)25-49-37(44,45)35(40,41)34(38,39)36(42,43)48-24-26-6-10-28(11-7-26)30-14-18-32(19-15-30)46-22-4-2/h6-21H,3-5,22-25H2,1-2H3. The van der Waals surface area contributed by atoms with Gasteiger partial charge in [-0.25, -0.2) is 0 Å². The molecule has 2 nitrogen and oxygen atoms in total. The Bertz CT molecular complexity index is 1600. The Morgan fingerprint density at radius 3 is 1.10 bits per heavy atom. The first-order valence-electron chi connectivity index (χ1n) is 15.6. The normalized spacial score (nSPS) is 12.6. The van der Waals surface area contributed by atoms with Crippen LogP contribution in [-0.4, -0.2) is 35.6 Å². The number of unbranched alkanes of at least 4 members (excludes halogenated alkanes) is 1. The summed E-state index contributed by atoms with van der Waals surface area (Å²) in [6.07, 6.45) is 2.74. The maximum Gasteiger partial charge on any atom is 0.388 e. The van der Waals surface area contributed by atoms with Crippen LogP contribution in [0.15, 0.2) is 97.1 Å². The van der Waals surface area contributed by atoms with Gasteiger partial charge in [-0.1, -0.05) is 117 Å². The topological polar surface area (TPSA) is 18.5 Å². The first-order chi connectivity index (χ1) is 23.2. The minimum Gasteiger partial charge on any atom is -0.494 e. The highest BCUT2D eigenvalue weighted by Gasteiger charge is 2.81. The zero-order valence-electron chi connectivity index (χ0n) is 26.8. The molecule has 0 radical (unpaired) electrons. The van der Waals surface area contributed by atoms with Gasteiger partial charge in [0.1, 0.15) is 11.5 Å². The number of halogens is 8. The van der Waals surface area contributed by atoms with E-state index in [1.165, 1.54) is 24.3 Å². The fourth-order valence-electron chi connectivity index (χ4n) is 4.52. The summed E-state index contributed by atoms with van der Waals surface area (Å²) in [5, 5.41) is -11.0. The van der Waals surface area contributed by atoms with Crippen molar-refractivity contribution in [2.75, 3.05) is 13.2 Å². The molecule has 0 aliphatic rings. The molecule has 4 aromatic rings. The van der Waals surface area contributed by atoms with Gasteiger partial charge in [-0.2, -0.15) is 35.1 Å². The predicted molar refractivity (Wildman–Crippen MR) is 182 cm³/mol. The van der Waals surface area contributed by atoms with Crippen molar-refractivity contribution in [1.29, 1.82) is 0 Å². The highest BCUT2D eigenvalue weighted by atomic mass is 32.2. The molecule has 12 heteroatoms. The molecule has 49 heavy (non-hydrogen) atoms. The molecule has 0 heterocycles. The number of rotatable bonds is 18. The SMILES string of the molecule is CCCCOc1ccc(-c2ccc(CSC(F)(F)C(F)(F)C(F)(F)C(F)(F)SCc3ccc(-c4ccc(OCCC)cc4)cc3)cc2)cc1. The van der Waals surface area contributed by atoms with Gasteiger partial charge in [0, 0.05) is 11.5 Å². The zero-order chi connectivity index (χ0) is 35.7. The monoisotopic (exact) mass is 728 g/mol. The average Bonchev–Trinajstić information content (AvgIpc) is 3.10. The summed E-state index contributed by atoms with van der Waals surface area (Å²) in [4.78, 5) is 0. The van der Waals surface area contributed by atoms with E-state index in [9.17, 15) is 35.1 Å². The zero-order valence-corrected chi connectivity index (χ0v) is 28.5. The highest BCUT2D eigenvalue weighted by molar-refractivity contribution is 8.00. The Morgan fingerprint density at radius 2 is 0.776 bits per heavy atom. The summed E-state index contributed by atoms with van der Waals surface area (Å²) >= 11 is -1.63. The Kier molecular flexibility index (Phi) is 13.0. The Labute approximate surface area is 289 Å². The van der Waals surface area contributed by atoms with Crippen LogP contribution in [0.2, 0.25) is 0 Å². The van der Waals surface area contributed by atoms with Crippen LogP contribution in [0.3, 0.4) is 0 Å². The second-order valence-corrected chi connectivity index (χ2v) is 13.4. The fraction of sp³-hybridized carbons (Fsp3) is 0.351. The van der Waals surface area contributed by atoms with Gasteiger partial charge in [-0.3, -0.25) is 0 Å². The van der Waals surface area contributed by atoms with Crippen molar-refractivity contribution in [2.24, 2.45) is 0 Å². The van der Waals surface area contributed by atoms with Gasteiger partial charge in [0.2, 0.25) is 0 Å². The number of hydrogen-bond acceptors (Lipinski definition) is 4. The lowest BCUT2D eigenvalue weighted by molar-refractivity contribution is -0.322. The molecule has 4 aromatic carbocycles. The van der Waals surface area contributed by atoms with E-state index < -0.39 is 57.4 Å². The lowest BCUT2D eigenvalue weighted by Gasteiger charge is -2.36. The molecule has 0 unspecified atom stereocenters. The minimum atomic E-state index is -6.36. The van der Waals surface area contributed by atoms with Gasteiger partial charge in [0.25, 0.3) is 0 Å². The molecule has 0 fully saturated rings. The lowest BCUT2D eigenvalue weighted by atomic mass is 10.0. The van der Waals surface area contributed by atoms with Crippen molar-refractivity contribution >= 4 is 23.5 Å². The van der Waals surface area contributed by atoms with E-state index in [0.717, 1.165) is 30.4 Å². The van der Waals surface area contributed by atoms with E-state index in [0.29, 0.717) is 35.8 Å². The van der Waals surface area contributed by atoms with Crippen molar-refractivity contribution in [3.63, 3.8) is 0 Å². The van der Waals surface area contributed by atoms with Crippen molar-refractivity contribution in [1.82, 2.24) is 0 Å². The average molecular weight is 729 g/mol. The second kappa shape index (κ2) is 16.6. The molecule has 0 saturated heterocycles. The van der Waals surface area contributed by atoms with Crippen molar-refractivity contribution in [3.05, 3.63) is 108 Å². The molecule has 4 rings (SSSR count). The largest absolute Gasteiger partial charge is 0.494 e. The molecule has 0 aliphatic carbocycles. The quantitative estimate of drug-likeness (QED) is 0.0750. The summed E-state index contributed by atoms with van der Waals surface area (Å²) in [6, 6.07) is 26.0. The third kappa shape index (κ3) is 9.45. The van der Waals surface area contributed by atoms with Crippen molar-refractivity contribution < 1.29 is 44.6 Å². The Balaban J connectivity index is 1.34. The van der Waals surface area contributed by atoms with Gasteiger partial charge in [0.05, 0.1) is 13.2 Å². The molecule has 0 spiro atoms. The Morgan fingerprint density at radius 1 is 0.449 bits per heavy atom. The third-order valence-corrected chi connectivity index (χ3v) is 9.68. The van der Waals surface area contributed by atoms with Crippen LogP contribution >= 0.6 is 23.5 Å². The summed E-state index contributed by atoms with van der Waals surface area (Å²) in [6.45, 7) is 5.15. The third-order valence-electron chi connectivity index (χ3n) is 7.49. The van der Waals surface area contributed by atoms with Gasteiger partial charge < -0.3 is 9.47 Å². The predicted octanol–water partition coefficient (Wildman–Crippen LogP) is 12.6. The van der Waals surface area contributed by atoms with Crippen molar-refractivity contribution in [2.45, 2.75) is 67.0 Å². The van der Waals surface area contributed by atoms with Crippen molar-refractivity contribution in [3.8, 4) is 33.8 Å². The van der Waals surface area contributed by atoms with E-state index in [-0.39, 0.29) is 11.1 Å². The van der Waals surface area contributed by atoms with E-state index in [1.54, 1.807) is 72.8 Å². The van der Waals surface area contributed by atoms with Crippen LogP contribution in [0.5, 0.6) is 11.5 Å². The minimum absolute atomic E-state index is 0.122. The summed E-state index contributed by atoms with van der Waals surface area (Å²) in [5.74, 6) is -13.0. The smallest absolute Gasteiger partial charge is 0.388 e. The van der Waals surface area contributed by atoms with Crippen LogP contribution in [0.1, 0.15) is 44.2 Å². The van der Waals surface area contributed by atoms with Crippen LogP contribution < -0.4 is 9.47 Å². The Hall–Kier alpha value is -3.38. The van der Waals surface area contributed by atoms with E-state index in [4.69, 9.17) is 9.47 Å². The molecule has 0 aromatic heterocycles. The van der Waals surface area contributed by atoms with E-state index >= 15 is 0 Å². The van der Waals surface area contributed by atoms with Gasteiger partial charge in [-0.15, -0.1) is 0 Å². The molecule has 0 saturated carbocycles. The molecule has 0 aliphatic heterocycles. The molecular formula is C37H36F8O2S2. The number of benzene rings is 4. The van der Waals surface area contributed by atoms with E-state index in [2.05, 4.69) is 0 Å².